The van der Waals surface area contributed by atoms with E-state index in [9.17, 15) is 31.2 Å². The zero-order valence-electron chi connectivity index (χ0n) is 13.7. The Balaban J connectivity index is 1.89. The van der Waals surface area contributed by atoms with Crippen LogP contribution >= 0.6 is 11.3 Å². The fourth-order valence-corrected chi connectivity index (χ4v) is 3.59. The topological polar surface area (TPSA) is 125 Å². The molecule has 0 spiro atoms. The number of amides is 1. The summed E-state index contributed by atoms with van der Waals surface area (Å²) in [5, 5.41) is 13.0. The van der Waals surface area contributed by atoms with Crippen molar-refractivity contribution in [2.45, 2.75) is 4.90 Å². The number of benzene rings is 1. The van der Waals surface area contributed by atoms with Gasteiger partial charge in [0.1, 0.15) is 22.5 Å². The van der Waals surface area contributed by atoms with Gasteiger partial charge in [0.2, 0.25) is 10.0 Å². The van der Waals surface area contributed by atoms with E-state index in [-0.39, 0.29) is 10.6 Å². The third-order valence-electron chi connectivity index (χ3n) is 3.10. The smallest absolute Gasteiger partial charge is 0.321 e. The molecule has 2 N–H and O–H groups in total. The molecule has 1 aromatic carbocycles. The minimum Gasteiger partial charge on any atom is -0.455 e. The van der Waals surface area contributed by atoms with Gasteiger partial charge in [0, 0.05) is 0 Å². The molecule has 13 heteroatoms. The minimum absolute atomic E-state index is 0.214. The first-order valence-electron chi connectivity index (χ1n) is 7.22. The summed E-state index contributed by atoms with van der Waals surface area (Å²) >= 11 is 1.07. The number of nitrogens with zero attached hydrogens (tertiary/aromatic N) is 1. The highest BCUT2D eigenvalue weighted by atomic mass is 32.2. The monoisotopic (exact) mass is 433 g/mol. The molecule has 0 radical (unpaired) electrons. The van der Waals surface area contributed by atoms with Crippen LogP contribution in [0.15, 0.2) is 28.5 Å². The van der Waals surface area contributed by atoms with Crippen molar-refractivity contribution in [2.75, 3.05) is 18.5 Å². The molecule has 1 aromatic heterocycles. The number of nitriles is 1. The fraction of sp³-hybridized carbons (Fsp3) is 0.133. The van der Waals surface area contributed by atoms with E-state index in [1.165, 1.54) is 6.07 Å². The van der Waals surface area contributed by atoms with Crippen molar-refractivity contribution >= 4 is 38.2 Å². The molecule has 0 aliphatic heterocycles. The number of nitrogens with one attached hydrogen (secondary N) is 2. The molecule has 148 valence electrons. The SMILES string of the molecule is N#Cc1ccsc1NC(=O)COC(=O)CNS(=O)(=O)c1ccc(F)c(F)c1F. The van der Waals surface area contributed by atoms with Crippen LogP contribution in [0.4, 0.5) is 18.2 Å². The van der Waals surface area contributed by atoms with Crippen molar-refractivity contribution < 1.29 is 35.9 Å². The maximum Gasteiger partial charge on any atom is 0.321 e. The summed E-state index contributed by atoms with van der Waals surface area (Å²) < 4.78 is 69.5. The van der Waals surface area contributed by atoms with Crippen LogP contribution < -0.4 is 10.0 Å². The van der Waals surface area contributed by atoms with Gasteiger partial charge in [-0.15, -0.1) is 11.3 Å². The van der Waals surface area contributed by atoms with Crippen LogP contribution in [0.1, 0.15) is 5.56 Å². The number of anilines is 1. The standard InChI is InChI=1S/C15H10F3N3O5S2/c16-9-1-2-10(14(18)13(9)17)28(24,25)20-6-12(23)26-7-11(22)21-15-8(5-19)3-4-27-15/h1-4,20H,6-7H2,(H,21,22). The second kappa shape index (κ2) is 8.83. The first kappa shape index (κ1) is 21.4. The van der Waals surface area contributed by atoms with Crippen LogP contribution in [0, 0.1) is 28.8 Å². The van der Waals surface area contributed by atoms with Crippen molar-refractivity contribution in [3.8, 4) is 6.07 Å². The number of halogens is 3. The van der Waals surface area contributed by atoms with Crippen LogP contribution in [0.25, 0.3) is 0 Å². The molecule has 1 amide bonds. The highest BCUT2D eigenvalue weighted by molar-refractivity contribution is 7.89. The molecule has 1 heterocycles. The van der Waals surface area contributed by atoms with Gasteiger partial charge in [0.05, 0.1) is 5.56 Å². The normalized spacial score (nSPS) is 10.9. The summed E-state index contributed by atoms with van der Waals surface area (Å²) in [7, 11) is -4.68. The van der Waals surface area contributed by atoms with Crippen LogP contribution in [-0.2, 0) is 24.3 Å². The van der Waals surface area contributed by atoms with Gasteiger partial charge < -0.3 is 10.1 Å². The van der Waals surface area contributed by atoms with E-state index in [2.05, 4.69) is 10.1 Å². The Morgan fingerprint density at radius 3 is 2.57 bits per heavy atom. The van der Waals surface area contributed by atoms with Gasteiger partial charge in [0.25, 0.3) is 5.91 Å². The van der Waals surface area contributed by atoms with Gasteiger partial charge in [-0.3, -0.25) is 9.59 Å². The Labute approximate surface area is 160 Å². The number of esters is 1. The predicted molar refractivity (Wildman–Crippen MR) is 90.1 cm³/mol. The number of thiophene rings is 1. The zero-order chi connectivity index (χ0) is 20.9. The average molecular weight is 433 g/mol. The van der Waals surface area contributed by atoms with E-state index >= 15 is 0 Å². The highest BCUT2D eigenvalue weighted by Crippen LogP contribution is 2.22. The molecule has 28 heavy (non-hydrogen) atoms. The zero-order valence-corrected chi connectivity index (χ0v) is 15.3. The van der Waals surface area contributed by atoms with Gasteiger partial charge in [-0.2, -0.15) is 9.98 Å². The maximum atomic E-state index is 13.6. The summed E-state index contributed by atoms with van der Waals surface area (Å²) in [5.41, 5.74) is 0.214. The maximum absolute atomic E-state index is 13.6. The Kier molecular flexibility index (Phi) is 6.73. The quantitative estimate of drug-likeness (QED) is 0.504. The molecule has 2 rings (SSSR count). The summed E-state index contributed by atoms with van der Waals surface area (Å²) in [5.74, 6) is -7.46. The molecular formula is C15H10F3N3O5S2. The summed E-state index contributed by atoms with van der Waals surface area (Å²) in [6.45, 7) is -1.76. The number of hydrogen-bond acceptors (Lipinski definition) is 7. The van der Waals surface area contributed by atoms with Gasteiger partial charge in [0.15, 0.2) is 24.1 Å². The first-order valence-corrected chi connectivity index (χ1v) is 9.58. The van der Waals surface area contributed by atoms with E-state index in [4.69, 9.17) is 5.26 Å². The molecule has 0 fully saturated rings. The van der Waals surface area contributed by atoms with Crippen molar-refractivity contribution in [2.24, 2.45) is 0 Å². The van der Waals surface area contributed by atoms with E-state index in [0.29, 0.717) is 12.1 Å². The molecule has 0 aliphatic carbocycles. The van der Waals surface area contributed by atoms with E-state index < -0.39 is 57.4 Å². The van der Waals surface area contributed by atoms with Crippen LogP contribution in [0.5, 0.6) is 0 Å². The van der Waals surface area contributed by atoms with E-state index in [1.807, 2.05) is 6.07 Å². The lowest BCUT2D eigenvalue weighted by Gasteiger charge is -2.09. The lowest BCUT2D eigenvalue weighted by molar-refractivity contribution is -0.146. The van der Waals surface area contributed by atoms with E-state index in [1.54, 1.807) is 10.1 Å². The van der Waals surface area contributed by atoms with Crippen molar-refractivity contribution in [1.82, 2.24) is 4.72 Å². The van der Waals surface area contributed by atoms with Crippen LogP contribution in [0.2, 0.25) is 0 Å². The molecule has 0 aliphatic rings. The molecule has 0 unspecified atom stereocenters. The van der Waals surface area contributed by atoms with E-state index in [0.717, 1.165) is 11.3 Å². The average Bonchev–Trinajstić information content (AvgIpc) is 3.09. The third-order valence-corrected chi connectivity index (χ3v) is 5.35. The number of ether oxygens (including phenoxy) is 1. The van der Waals surface area contributed by atoms with Gasteiger partial charge in [-0.1, -0.05) is 0 Å². The van der Waals surface area contributed by atoms with Crippen molar-refractivity contribution in [3.63, 3.8) is 0 Å². The molecule has 0 bridgehead atoms. The van der Waals surface area contributed by atoms with Crippen LogP contribution in [0.3, 0.4) is 0 Å². The molecule has 8 nitrogen and oxygen atoms in total. The summed E-state index contributed by atoms with van der Waals surface area (Å²) in [6, 6.07) is 4.21. The Morgan fingerprint density at radius 1 is 1.18 bits per heavy atom. The number of carbonyl (C=O) groups excluding carboxylic acids is 2. The lowest BCUT2D eigenvalue weighted by Crippen LogP contribution is -2.33. The Bertz CT molecular complexity index is 1060. The third kappa shape index (κ3) is 5.06. The molecule has 0 saturated heterocycles. The number of rotatable bonds is 7. The molecule has 0 saturated carbocycles. The molecule has 0 atom stereocenters. The number of hydrogen-bond donors (Lipinski definition) is 2. The van der Waals surface area contributed by atoms with Gasteiger partial charge >= 0.3 is 5.97 Å². The Morgan fingerprint density at radius 2 is 1.89 bits per heavy atom. The second-order valence-corrected chi connectivity index (χ2v) is 7.63. The van der Waals surface area contributed by atoms with Crippen LogP contribution in [-0.4, -0.2) is 33.4 Å². The predicted octanol–water partition coefficient (Wildman–Crippen LogP) is 1.50. The summed E-state index contributed by atoms with van der Waals surface area (Å²) in [6.07, 6.45) is 0. The van der Waals surface area contributed by atoms with Crippen molar-refractivity contribution in [3.05, 3.63) is 46.6 Å². The van der Waals surface area contributed by atoms with Gasteiger partial charge in [-0.05, 0) is 23.6 Å². The molecule has 2 aromatic rings. The van der Waals surface area contributed by atoms with Gasteiger partial charge in [-0.25, -0.2) is 21.6 Å². The Hall–Kier alpha value is -2.95. The summed E-state index contributed by atoms with van der Waals surface area (Å²) in [4.78, 5) is 22.0. The fourth-order valence-electron chi connectivity index (χ4n) is 1.80. The first-order chi connectivity index (χ1) is 13.2. The molecular weight excluding hydrogens is 423 g/mol. The highest BCUT2D eigenvalue weighted by Gasteiger charge is 2.24. The largest absolute Gasteiger partial charge is 0.455 e. The lowest BCUT2D eigenvalue weighted by atomic mass is 10.3. The number of sulfonamides is 1. The number of carbonyl (C=O) groups is 2. The second-order valence-electron chi connectivity index (χ2n) is 4.98. The minimum atomic E-state index is -4.68. The van der Waals surface area contributed by atoms with Crippen molar-refractivity contribution in [1.29, 1.82) is 5.26 Å².